The molecule has 6 aromatic carbocycles. The fraction of sp³-hybridized carbons (Fsp3) is 0.266. The van der Waals surface area contributed by atoms with Gasteiger partial charge in [-0.25, -0.2) is 9.59 Å². The Labute approximate surface area is 465 Å². The van der Waals surface area contributed by atoms with E-state index in [1.54, 1.807) is 6.07 Å². The number of carboxylic acid groups (broad SMARTS) is 3. The van der Waals surface area contributed by atoms with Crippen molar-refractivity contribution >= 4 is 64.0 Å². The molecule has 7 aromatic rings. The van der Waals surface area contributed by atoms with Crippen LogP contribution in [0.2, 0.25) is 0 Å². The predicted octanol–water partition coefficient (Wildman–Crippen LogP) is 15.4. The lowest BCUT2D eigenvalue weighted by atomic mass is 10.0. The van der Waals surface area contributed by atoms with Crippen LogP contribution >= 0.6 is 11.3 Å². The summed E-state index contributed by atoms with van der Waals surface area (Å²) in [5.41, 5.74) is 5.60. The number of aliphatic carboxylic acids is 1. The number of hydrogen-bond donors (Lipinski definition) is 3. The molecule has 0 fully saturated rings. The molecule has 0 unspecified atom stereocenters. The number of benzene rings is 6. The Bertz CT molecular complexity index is 3180. The van der Waals surface area contributed by atoms with Crippen molar-refractivity contribution in [2.45, 2.75) is 79.1 Å². The van der Waals surface area contributed by atoms with Crippen molar-refractivity contribution in [1.82, 2.24) is 0 Å². The molecule has 1 amide bonds. The molecule has 408 valence electrons. The second-order valence-electron chi connectivity index (χ2n) is 18.6. The Morgan fingerprint density at radius 3 is 1.39 bits per heavy atom. The molecule has 0 radical (unpaired) electrons. The molecule has 0 aliphatic rings. The Kier molecular flexibility index (Phi) is 20.9. The molecule has 0 atom stereocenters. The van der Waals surface area contributed by atoms with Crippen molar-refractivity contribution in [1.29, 1.82) is 5.26 Å². The average Bonchev–Trinajstić information content (AvgIpc) is 3.98. The maximum atomic E-state index is 13.8. The number of thiophene rings is 1. The normalized spacial score (nSPS) is 11.1. The summed E-state index contributed by atoms with van der Waals surface area (Å²) in [6.45, 7) is 10.1. The summed E-state index contributed by atoms with van der Waals surface area (Å²) < 4.78 is 24.8. The van der Waals surface area contributed by atoms with E-state index in [9.17, 15) is 39.8 Å². The standard InChI is InChI=1S/C64H65N3O11S/c1-5-9-33-75-51-26-30-54(58(39-51)77-35-11-7-3)43-13-19-47(20-14-43)67(48-21-15-44(16-22-48)55-31-27-52(76-34-10-6-2)40-59(55)78-36-12-8-4)49-23-17-45(18-24-49)60-32-28-53(79-60)37-46(41-65)62(70)66(42-61(68)69)50-25-29-56(63(71)72)57(38-50)64(73)74/h13-32,37-40H,5-12,33-36,42H2,1-4H3,(H,68,69)(H,71,72)(H,73,74)/b46-37+. The number of rotatable bonds is 29. The fourth-order valence-electron chi connectivity index (χ4n) is 8.52. The van der Waals surface area contributed by atoms with E-state index in [2.05, 4.69) is 93.3 Å². The maximum Gasteiger partial charge on any atom is 0.336 e. The quantitative estimate of drug-likeness (QED) is 0.0228. The van der Waals surface area contributed by atoms with Crippen molar-refractivity contribution in [3.8, 4) is 61.8 Å². The van der Waals surface area contributed by atoms with Gasteiger partial charge in [-0.3, -0.25) is 14.5 Å². The molecule has 1 aromatic heterocycles. The SMILES string of the molecule is CCCCOc1ccc(-c2ccc(N(c3ccc(-c4ccc(/C=C(\C#N)C(=O)N(CC(=O)O)c5ccc(C(=O)O)c(C(=O)O)c5)s4)cc3)c3ccc(-c4ccc(OCCCC)cc4OCCCC)cc3)cc2)c(OCCCC)c1. The number of ether oxygens (including phenoxy) is 4. The van der Waals surface area contributed by atoms with Gasteiger partial charge in [0.1, 0.15) is 41.2 Å². The van der Waals surface area contributed by atoms with E-state index in [-0.39, 0.29) is 5.69 Å². The van der Waals surface area contributed by atoms with Gasteiger partial charge in [-0.2, -0.15) is 5.26 Å². The van der Waals surface area contributed by atoms with Crippen molar-refractivity contribution in [2.24, 2.45) is 0 Å². The first-order valence-corrected chi connectivity index (χ1v) is 27.4. The summed E-state index contributed by atoms with van der Waals surface area (Å²) in [4.78, 5) is 53.6. The minimum atomic E-state index is -1.59. The third-order valence-corrected chi connectivity index (χ3v) is 13.9. The number of hydrogen-bond acceptors (Lipinski definition) is 11. The first kappa shape index (κ1) is 57.8. The van der Waals surface area contributed by atoms with Gasteiger partial charge >= 0.3 is 17.9 Å². The molecule has 14 nitrogen and oxygen atoms in total. The monoisotopic (exact) mass is 1080 g/mol. The van der Waals surface area contributed by atoms with E-state index in [0.29, 0.717) is 31.3 Å². The molecule has 0 aliphatic carbocycles. The van der Waals surface area contributed by atoms with E-state index in [4.69, 9.17) is 18.9 Å². The zero-order valence-corrected chi connectivity index (χ0v) is 45.7. The number of carboxylic acids is 3. The topological polar surface area (TPSA) is 196 Å². The highest BCUT2D eigenvalue weighted by molar-refractivity contribution is 7.16. The van der Waals surface area contributed by atoms with Gasteiger partial charge in [-0.05, 0) is 139 Å². The van der Waals surface area contributed by atoms with Crippen LogP contribution in [0.4, 0.5) is 22.7 Å². The number of aromatic carboxylic acids is 2. The molecule has 0 aliphatic heterocycles. The van der Waals surface area contributed by atoms with Gasteiger partial charge in [0.05, 0.1) is 37.6 Å². The smallest absolute Gasteiger partial charge is 0.336 e. The van der Waals surface area contributed by atoms with Crippen LogP contribution in [0.5, 0.6) is 23.0 Å². The van der Waals surface area contributed by atoms with Crippen LogP contribution in [0.3, 0.4) is 0 Å². The maximum absolute atomic E-state index is 13.8. The number of amides is 1. The van der Waals surface area contributed by atoms with Gasteiger partial charge in [0, 0.05) is 55.8 Å². The van der Waals surface area contributed by atoms with Crippen LogP contribution in [0.15, 0.2) is 145 Å². The molecule has 0 saturated heterocycles. The number of nitriles is 1. The molecular formula is C64H65N3O11S. The van der Waals surface area contributed by atoms with Crippen molar-refractivity contribution < 1.29 is 53.4 Å². The van der Waals surface area contributed by atoms with Crippen molar-refractivity contribution in [3.63, 3.8) is 0 Å². The molecule has 7 rings (SSSR count). The molecule has 1 heterocycles. The summed E-state index contributed by atoms with van der Waals surface area (Å²) in [6, 6.07) is 45.3. The zero-order chi connectivity index (χ0) is 56.3. The lowest BCUT2D eigenvalue weighted by molar-refractivity contribution is -0.136. The van der Waals surface area contributed by atoms with Gasteiger partial charge in [0.2, 0.25) is 0 Å². The molecule has 15 heteroatoms. The highest BCUT2D eigenvalue weighted by Gasteiger charge is 2.26. The molecule has 3 N–H and O–H groups in total. The predicted molar refractivity (Wildman–Crippen MR) is 311 cm³/mol. The highest BCUT2D eigenvalue weighted by Crippen LogP contribution is 2.42. The zero-order valence-electron chi connectivity index (χ0n) is 44.9. The third kappa shape index (κ3) is 15.2. The van der Waals surface area contributed by atoms with Crippen LogP contribution in [0.25, 0.3) is 38.8 Å². The van der Waals surface area contributed by atoms with Gasteiger partial charge in [-0.1, -0.05) is 89.8 Å². The molecule has 79 heavy (non-hydrogen) atoms. The number of nitrogens with zero attached hydrogens (tertiary/aromatic N) is 3. The van der Waals surface area contributed by atoms with Gasteiger partial charge in [-0.15, -0.1) is 11.3 Å². The molecular weight excluding hydrogens is 1020 g/mol. The van der Waals surface area contributed by atoms with Crippen LogP contribution in [0.1, 0.15) is 105 Å². The average molecular weight is 1080 g/mol. The molecule has 0 spiro atoms. The third-order valence-electron chi connectivity index (χ3n) is 12.8. The summed E-state index contributed by atoms with van der Waals surface area (Å²) in [5.74, 6) is -2.48. The van der Waals surface area contributed by atoms with Crippen molar-refractivity contribution in [2.75, 3.05) is 42.8 Å². The lowest BCUT2D eigenvalue weighted by Gasteiger charge is -2.26. The Balaban J connectivity index is 1.22. The fourth-order valence-corrected chi connectivity index (χ4v) is 9.48. The number of unbranched alkanes of at least 4 members (excludes halogenated alkanes) is 4. The highest BCUT2D eigenvalue weighted by atomic mass is 32.1. The van der Waals surface area contributed by atoms with E-state index < -0.39 is 47.1 Å². The van der Waals surface area contributed by atoms with Gasteiger partial charge < -0.3 is 39.2 Å². The largest absolute Gasteiger partial charge is 0.493 e. The molecule has 0 bridgehead atoms. The van der Waals surface area contributed by atoms with Crippen LogP contribution in [-0.2, 0) is 9.59 Å². The van der Waals surface area contributed by atoms with E-state index in [0.717, 1.165) is 147 Å². The minimum absolute atomic E-state index is 0.205. The van der Waals surface area contributed by atoms with E-state index >= 15 is 0 Å². The lowest BCUT2D eigenvalue weighted by Crippen LogP contribution is -2.36. The van der Waals surface area contributed by atoms with Crippen LogP contribution in [0, 0.1) is 11.3 Å². The Morgan fingerprint density at radius 2 is 0.962 bits per heavy atom. The van der Waals surface area contributed by atoms with Crippen molar-refractivity contribution in [3.05, 3.63) is 161 Å². The summed E-state index contributed by atoms with van der Waals surface area (Å²) in [6.07, 6.45) is 9.21. The van der Waals surface area contributed by atoms with Crippen LogP contribution in [-0.4, -0.2) is 72.1 Å². The van der Waals surface area contributed by atoms with E-state index in [1.165, 1.54) is 17.4 Å². The summed E-state index contributed by atoms with van der Waals surface area (Å²) in [7, 11) is 0. The summed E-state index contributed by atoms with van der Waals surface area (Å²) in [5, 5.41) is 39.1. The van der Waals surface area contributed by atoms with E-state index in [1.807, 2.05) is 60.7 Å². The number of anilines is 4. The Hall–Kier alpha value is -8.87. The minimum Gasteiger partial charge on any atom is -0.493 e. The van der Waals surface area contributed by atoms with Gasteiger partial charge in [0.25, 0.3) is 5.91 Å². The molecule has 0 saturated carbocycles. The number of carbonyl (C=O) groups is 4. The number of carbonyl (C=O) groups excluding carboxylic acids is 1. The first-order chi connectivity index (χ1) is 38.3. The van der Waals surface area contributed by atoms with Gasteiger partial charge in [0.15, 0.2) is 0 Å². The second-order valence-corrected chi connectivity index (χ2v) is 19.7. The Morgan fingerprint density at radius 1 is 0.519 bits per heavy atom. The second kappa shape index (κ2) is 28.5. The first-order valence-electron chi connectivity index (χ1n) is 26.6. The van der Waals surface area contributed by atoms with Crippen LogP contribution < -0.4 is 28.7 Å². The summed E-state index contributed by atoms with van der Waals surface area (Å²) >= 11 is 1.30.